The average molecular weight is 302 g/mol. The van der Waals surface area contributed by atoms with Crippen molar-refractivity contribution in [1.82, 2.24) is 0 Å². The first-order valence-corrected chi connectivity index (χ1v) is 6.35. The van der Waals surface area contributed by atoms with E-state index in [1.54, 1.807) is 18.2 Å². The molecule has 0 aromatic heterocycles. The van der Waals surface area contributed by atoms with Crippen LogP contribution in [0.15, 0.2) is 30.3 Å². The number of rotatable bonds is 2. The van der Waals surface area contributed by atoms with Crippen LogP contribution >= 0.6 is 23.2 Å². The minimum absolute atomic E-state index is 0.128. The van der Waals surface area contributed by atoms with E-state index in [-0.39, 0.29) is 11.1 Å². The van der Waals surface area contributed by atoms with E-state index in [1.807, 2.05) is 6.92 Å². The lowest BCUT2D eigenvalue weighted by molar-refractivity contribution is 0.509. The molecule has 5 heteroatoms. The Hall–Kier alpha value is -1.16. The molecule has 0 amide bonds. The fourth-order valence-electron chi connectivity index (χ4n) is 1.81. The van der Waals surface area contributed by atoms with Crippen molar-refractivity contribution in [1.29, 1.82) is 0 Å². The maximum Gasteiger partial charge on any atom is 0.160 e. The van der Waals surface area contributed by atoms with Crippen LogP contribution in [0.4, 0.5) is 8.78 Å². The van der Waals surface area contributed by atoms with Gasteiger partial charge in [0.25, 0.3) is 0 Å². The fraction of sp³-hybridized carbons (Fsp3) is 0.143. The molecule has 0 radical (unpaired) electrons. The van der Waals surface area contributed by atoms with Crippen molar-refractivity contribution >= 4 is 23.2 Å². The smallest absolute Gasteiger partial charge is 0.160 e. The van der Waals surface area contributed by atoms with E-state index >= 15 is 0 Å². The van der Waals surface area contributed by atoms with Crippen LogP contribution in [0, 0.1) is 11.6 Å². The van der Waals surface area contributed by atoms with Gasteiger partial charge in [-0.05, 0) is 36.2 Å². The molecule has 1 unspecified atom stereocenters. The summed E-state index contributed by atoms with van der Waals surface area (Å²) >= 11 is 12.0. The molecule has 0 aliphatic heterocycles. The molecule has 0 heterocycles. The highest BCUT2D eigenvalue weighted by Gasteiger charge is 2.12. The number of nitrogens with two attached hydrogens (primary N) is 1. The third-order valence-corrected chi connectivity index (χ3v) is 3.45. The van der Waals surface area contributed by atoms with E-state index in [2.05, 4.69) is 0 Å². The Morgan fingerprint density at radius 2 is 1.63 bits per heavy atom. The summed E-state index contributed by atoms with van der Waals surface area (Å²) < 4.78 is 26.3. The SMILES string of the molecule is CC(N)c1ccc(-c2cc(F)c(F)cc2Cl)cc1Cl. The van der Waals surface area contributed by atoms with Crippen LogP contribution in [0.3, 0.4) is 0 Å². The summed E-state index contributed by atoms with van der Waals surface area (Å²) in [4.78, 5) is 0. The van der Waals surface area contributed by atoms with E-state index in [0.29, 0.717) is 16.1 Å². The van der Waals surface area contributed by atoms with Gasteiger partial charge in [0.15, 0.2) is 11.6 Å². The first-order valence-electron chi connectivity index (χ1n) is 5.60. The summed E-state index contributed by atoms with van der Waals surface area (Å²) in [6.07, 6.45) is 0. The molecule has 0 spiro atoms. The van der Waals surface area contributed by atoms with E-state index in [9.17, 15) is 8.78 Å². The summed E-state index contributed by atoms with van der Waals surface area (Å²) in [7, 11) is 0. The van der Waals surface area contributed by atoms with E-state index in [1.165, 1.54) is 0 Å². The van der Waals surface area contributed by atoms with Crippen molar-refractivity contribution < 1.29 is 8.78 Å². The van der Waals surface area contributed by atoms with E-state index in [4.69, 9.17) is 28.9 Å². The number of hydrogen-bond donors (Lipinski definition) is 1. The predicted octanol–water partition coefficient (Wildman–Crippen LogP) is 4.96. The number of benzene rings is 2. The fourth-order valence-corrected chi connectivity index (χ4v) is 2.42. The second-order valence-corrected chi connectivity index (χ2v) is 5.09. The van der Waals surface area contributed by atoms with Gasteiger partial charge in [-0.15, -0.1) is 0 Å². The summed E-state index contributed by atoms with van der Waals surface area (Å²) in [6.45, 7) is 1.81. The molecular formula is C14H11Cl2F2N. The largest absolute Gasteiger partial charge is 0.324 e. The molecule has 0 saturated carbocycles. The van der Waals surface area contributed by atoms with Gasteiger partial charge >= 0.3 is 0 Å². The summed E-state index contributed by atoms with van der Waals surface area (Å²) in [6, 6.07) is 6.90. The van der Waals surface area contributed by atoms with Crippen LogP contribution in [0.1, 0.15) is 18.5 Å². The van der Waals surface area contributed by atoms with Gasteiger partial charge in [-0.1, -0.05) is 35.3 Å². The van der Waals surface area contributed by atoms with Crippen LogP contribution in [-0.2, 0) is 0 Å². The third-order valence-electron chi connectivity index (χ3n) is 2.81. The first-order chi connectivity index (χ1) is 8.90. The van der Waals surface area contributed by atoms with Crippen molar-refractivity contribution in [3.05, 3.63) is 57.6 Å². The maximum atomic E-state index is 13.3. The Morgan fingerprint density at radius 1 is 1.00 bits per heavy atom. The molecular weight excluding hydrogens is 291 g/mol. The lowest BCUT2D eigenvalue weighted by atomic mass is 10.0. The second-order valence-electron chi connectivity index (χ2n) is 4.27. The van der Waals surface area contributed by atoms with Gasteiger partial charge in [-0.3, -0.25) is 0 Å². The van der Waals surface area contributed by atoms with E-state index in [0.717, 1.165) is 17.7 Å². The predicted molar refractivity (Wildman–Crippen MR) is 74.4 cm³/mol. The Morgan fingerprint density at radius 3 is 2.21 bits per heavy atom. The molecule has 2 N–H and O–H groups in total. The van der Waals surface area contributed by atoms with Gasteiger partial charge in [0.1, 0.15) is 0 Å². The summed E-state index contributed by atoms with van der Waals surface area (Å²) in [5.74, 6) is -1.93. The summed E-state index contributed by atoms with van der Waals surface area (Å²) in [5.41, 5.74) is 7.54. The van der Waals surface area contributed by atoms with Gasteiger partial charge in [-0.25, -0.2) is 8.78 Å². The average Bonchev–Trinajstić information content (AvgIpc) is 2.33. The Kier molecular flexibility index (Phi) is 4.09. The lowest BCUT2D eigenvalue weighted by Gasteiger charge is -2.11. The molecule has 2 aromatic carbocycles. The molecule has 0 fully saturated rings. The highest BCUT2D eigenvalue weighted by molar-refractivity contribution is 6.34. The topological polar surface area (TPSA) is 26.0 Å². The molecule has 2 rings (SSSR count). The zero-order valence-corrected chi connectivity index (χ0v) is 11.6. The van der Waals surface area contributed by atoms with Gasteiger partial charge in [0.05, 0.1) is 5.02 Å². The second kappa shape index (κ2) is 5.45. The third kappa shape index (κ3) is 2.89. The highest BCUT2D eigenvalue weighted by atomic mass is 35.5. The van der Waals surface area contributed by atoms with Crippen molar-refractivity contribution in [3.63, 3.8) is 0 Å². The molecule has 0 saturated heterocycles. The molecule has 1 nitrogen and oxygen atoms in total. The molecule has 0 bridgehead atoms. The number of hydrogen-bond acceptors (Lipinski definition) is 1. The van der Waals surface area contributed by atoms with Crippen molar-refractivity contribution in [2.45, 2.75) is 13.0 Å². The maximum absolute atomic E-state index is 13.3. The van der Waals surface area contributed by atoms with Crippen molar-refractivity contribution in [2.24, 2.45) is 5.73 Å². The minimum atomic E-state index is -0.980. The van der Waals surface area contributed by atoms with Crippen LogP contribution in [-0.4, -0.2) is 0 Å². The molecule has 19 heavy (non-hydrogen) atoms. The highest BCUT2D eigenvalue weighted by Crippen LogP contribution is 2.33. The van der Waals surface area contributed by atoms with Gasteiger partial charge in [-0.2, -0.15) is 0 Å². The van der Waals surface area contributed by atoms with Gasteiger partial charge < -0.3 is 5.73 Å². The Labute approximate surface area is 119 Å². The van der Waals surface area contributed by atoms with Crippen LogP contribution in [0.2, 0.25) is 10.0 Å². The first kappa shape index (κ1) is 14.3. The van der Waals surface area contributed by atoms with Gasteiger partial charge in [0, 0.05) is 16.6 Å². The lowest BCUT2D eigenvalue weighted by Crippen LogP contribution is -2.05. The standard InChI is InChI=1S/C14H11Cl2F2N/c1-7(19)9-3-2-8(4-11(9)15)10-5-13(17)14(18)6-12(10)16/h2-7H,19H2,1H3. The molecule has 2 aromatic rings. The Bertz CT molecular complexity index is 627. The van der Waals surface area contributed by atoms with Crippen LogP contribution in [0.25, 0.3) is 11.1 Å². The normalized spacial score (nSPS) is 12.5. The van der Waals surface area contributed by atoms with Crippen molar-refractivity contribution in [2.75, 3.05) is 0 Å². The Balaban J connectivity index is 2.54. The zero-order valence-electron chi connectivity index (χ0n) is 10.1. The van der Waals surface area contributed by atoms with Crippen LogP contribution in [0.5, 0.6) is 0 Å². The summed E-state index contributed by atoms with van der Waals surface area (Å²) in [5, 5.41) is 0.594. The monoisotopic (exact) mass is 301 g/mol. The minimum Gasteiger partial charge on any atom is -0.324 e. The zero-order chi connectivity index (χ0) is 14.2. The molecule has 0 aliphatic carbocycles. The molecule has 100 valence electrons. The van der Waals surface area contributed by atoms with Crippen LogP contribution < -0.4 is 5.73 Å². The van der Waals surface area contributed by atoms with E-state index < -0.39 is 11.6 Å². The number of halogens is 4. The van der Waals surface area contributed by atoms with Crippen molar-refractivity contribution in [3.8, 4) is 11.1 Å². The molecule has 1 atom stereocenters. The van der Waals surface area contributed by atoms with Gasteiger partial charge in [0.2, 0.25) is 0 Å². The molecule has 0 aliphatic rings. The quantitative estimate of drug-likeness (QED) is 0.780.